The van der Waals surface area contributed by atoms with Crippen LogP contribution in [0.15, 0.2) is 36.9 Å². The van der Waals surface area contributed by atoms with Gasteiger partial charge >= 0.3 is 6.03 Å². The van der Waals surface area contributed by atoms with Gasteiger partial charge < -0.3 is 15.2 Å². The molecule has 0 unspecified atom stereocenters. The lowest BCUT2D eigenvalue weighted by molar-refractivity contribution is 0.252. The molecule has 0 bridgehead atoms. The van der Waals surface area contributed by atoms with E-state index in [4.69, 9.17) is 23.2 Å². The van der Waals surface area contributed by atoms with Crippen molar-refractivity contribution in [3.8, 4) is 0 Å². The summed E-state index contributed by atoms with van der Waals surface area (Å²) in [5.41, 5.74) is 0.618. The average molecular weight is 341 g/mol. The molecule has 1 aromatic carbocycles. The number of nitrogens with one attached hydrogen (secondary N) is 2. The van der Waals surface area contributed by atoms with E-state index in [-0.39, 0.29) is 6.03 Å². The van der Waals surface area contributed by atoms with Gasteiger partial charge in [0.15, 0.2) is 0 Å². The van der Waals surface area contributed by atoms with Crippen LogP contribution in [-0.2, 0) is 6.54 Å². The molecule has 2 aromatic rings. The third-order valence-electron chi connectivity index (χ3n) is 3.12. The number of amides is 2. The zero-order valence-electron chi connectivity index (χ0n) is 12.1. The number of rotatable bonds is 7. The highest BCUT2D eigenvalue weighted by Gasteiger charge is 2.03. The molecule has 0 fully saturated rings. The number of carbonyl (C=O) groups excluding carboxylic acids is 1. The molecule has 2 rings (SSSR count). The summed E-state index contributed by atoms with van der Waals surface area (Å²) >= 11 is 11.7. The molecule has 0 saturated carbocycles. The zero-order valence-corrected chi connectivity index (χ0v) is 13.6. The maximum absolute atomic E-state index is 11.7. The van der Waals surface area contributed by atoms with Crippen molar-refractivity contribution in [2.75, 3.05) is 11.9 Å². The number of halogens is 2. The van der Waals surface area contributed by atoms with Gasteiger partial charge in [-0.15, -0.1) is 0 Å². The van der Waals surface area contributed by atoms with Gasteiger partial charge in [0.1, 0.15) is 0 Å². The van der Waals surface area contributed by atoms with Crippen LogP contribution in [0, 0.1) is 0 Å². The van der Waals surface area contributed by atoms with E-state index in [0.29, 0.717) is 22.3 Å². The van der Waals surface area contributed by atoms with E-state index in [1.165, 1.54) is 0 Å². The topological polar surface area (TPSA) is 59.0 Å². The van der Waals surface area contributed by atoms with Crippen molar-refractivity contribution in [1.29, 1.82) is 0 Å². The van der Waals surface area contributed by atoms with Crippen LogP contribution in [0.3, 0.4) is 0 Å². The number of benzene rings is 1. The SMILES string of the molecule is O=C(NCCCCCn1ccnc1)Nc1ccc(Cl)c(Cl)c1. The van der Waals surface area contributed by atoms with Crippen molar-refractivity contribution in [3.63, 3.8) is 0 Å². The number of nitrogens with zero attached hydrogens (tertiary/aromatic N) is 2. The van der Waals surface area contributed by atoms with Gasteiger partial charge in [0.05, 0.1) is 16.4 Å². The Hall–Kier alpha value is -1.72. The van der Waals surface area contributed by atoms with E-state index in [1.807, 2.05) is 17.1 Å². The number of carbonyl (C=O) groups is 1. The highest BCUT2D eigenvalue weighted by atomic mass is 35.5. The number of aromatic nitrogens is 2. The second-order valence-corrected chi connectivity index (χ2v) is 5.69. The summed E-state index contributed by atoms with van der Waals surface area (Å²) in [5, 5.41) is 6.41. The van der Waals surface area contributed by atoms with Crippen LogP contribution in [0.1, 0.15) is 19.3 Å². The molecule has 0 spiro atoms. The Bertz CT molecular complexity index is 602. The second-order valence-electron chi connectivity index (χ2n) is 4.87. The molecule has 22 heavy (non-hydrogen) atoms. The second kappa shape index (κ2) is 8.66. The van der Waals surface area contributed by atoms with Gasteiger partial charge in [-0.25, -0.2) is 9.78 Å². The van der Waals surface area contributed by atoms with Crippen LogP contribution >= 0.6 is 23.2 Å². The summed E-state index contributed by atoms with van der Waals surface area (Å²) in [6, 6.07) is 4.73. The first-order valence-corrected chi connectivity index (χ1v) is 7.86. The highest BCUT2D eigenvalue weighted by molar-refractivity contribution is 6.42. The molecule has 0 atom stereocenters. The van der Waals surface area contributed by atoms with E-state index < -0.39 is 0 Å². The lowest BCUT2D eigenvalue weighted by atomic mass is 10.2. The average Bonchev–Trinajstić information content (AvgIpc) is 3.00. The first kappa shape index (κ1) is 16.6. The van der Waals surface area contributed by atoms with Crippen molar-refractivity contribution in [2.24, 2.45) is 0 Å². The molecular formula is C15H18Cl2N4O. The number of hydrogen-bond acceptors (Lipinski definition) is 2. The molecule has 5 nitrogen and oxygen atoms in total. The molecular weight excluding hydrogens is 323 g/mol. The van der Waals surface area contributed by atoms with Gasteiger partial charge in [-0.1, -0.05) is 23.2 Å². The fraction of sp³-hybridized carbons (Fsp3) is 0.333. The molecule has 2 amide bonds. The molecule has 0 radical (unpaired) electrons. The lowest BCUT2D eigenvalue weighted by Gasteiger charge is -2.08. The third kappa shape index (κ3) is 5.58. The molecule has 2 N–H and O–H groups in total. The van der Waals surface area contributed by atoms with Crippen molar-refractivity contribution in [3.05, 3.63) is 47.0 Å². The van der Waals surface area contributed by atoms with Crippen molar-refractivity contribution < 1.29 is 4.79 Å². The minimum absolute atomic E-state index is 0.243. The fourth-order valence-electron chi connectivity index (χ4n) is 1.97. The van der Waals surface area contributed by atoms with Gasteiger partial charge in [0, 0.05) is 31.2 Å². The first-order chi connectivity index (χ1) is 10.6. The summed E-state index contributed by atoms with van der Waals surface area (Å²) in [5.74, 6) is 0. The largest absolute Gasteiger partial charge is 0.338 e. The van der Waals surface area contributed by atoms with Crippen LogP contribution in [0.25, 0.3) is 0 Å². The number of urea groups is 1. The molecule has 0 aliphatic heterocycles. The highest BCUT2D eigenvalue weighted by Crippen LogP contribution is 2.24. The summed E-state index contributed by atoms with van der Waals surface area (Å²) in [6.07, 6.45) is 8.57. The van der Waals surface area contributed by atoms with Crippen molar-refractivity contribution in [2.45, 2.75) is 25.8 Å². The van der Waals surface area contributed by atoms with Gasteiger partial charge in [-0.2, -0.15) is 0 Å². The Morgan fingerprint density at radius 1 is 1.18 bits per heavy atom. The van der Waals surface area contributed by atoms with E-state index in [1.54, 1.807) is 24.4 Å². The normalized spacial score (nSPS) is 10.5. The third-order valence-corrected chi connectivity index (χ3v) is 3.85. The number of aryl methyl sites for hydroxylation is 1. The summed E-state index contributed by atoms with van der Waals surface area (Å²) in [4.78, 5) is 15.7. The van der Waals surface area contributed by atoms with Crippen LogP contribution in [0.5, 0.6) is 0 Å². The van der Waals surface area contributed by atoms with E-state index >= 15 is 0 Å². The molecule has 118 valence electrons. The Labute approximate surface area is 139 Å². The van der Waals surface area contributed by atoms with E-state index in [0.717, 1.165) is 25.8 Å². The molecule has 0 saturated heterocycles. The molecule has 0 aliphatic rings. The van der Waals surface area contributed by atoms with Crippen LogP contribution in [0.2, 0.25) is 10.0 Å². The summed E-state index contributed by atoms with van der Waals surface area (Å²) < 4.78 is 2.05. The van der Waals surface area contributed by atoms with Crippen LogP contribution in [0.4, 0.5) is 10.5 Å². The Kier molecular flexibility index (Phi) is 6.55. The van der Waals surface area contributed by atoms with Crippen molar-refractivity contribution >= 4 is 34.9 Å². The minimum Gasteiger partial charge on any atom is -0.338 e. The predicted octanol–water partition coefficient (Wildman–Crippen LogP) is 4.18. The minimum atomic E-state index is -0.243. The molecule has 1 heterocycles. The Morgan fingerprint density at radius 3 is 2.77 bits per heavy atom. The summed E-state index contributed by atoms with van der Waals surface area (Å²) in [7, 11) is 0. The van der Waals surface area contributed by atoms with Crippen molar-refractivity contribution in [1.82, 2.24) is 14.9 Å². The molecule has 0 aliphatic carbocycles. The smallest absolute Gasteiger partial charge is 0.319 e. The van der Waals surface area contributed by atoms with Gasteiger partial charge in [0.2, 0.25) is 0 Å². The van der Waals surface area contributed by atoms with E-state index in [2.05, 4.69) is 15.6 Å². The van der Waals surface area contributed by atoms with Gasteiger partial charge in [-0.05, 0) is 37.5 Å². The van der Waals surface area contributed by atoms with Crippen LogP contribution < -0.4 is 10.6 Å². The van der Waals surface area contributed by atoms with E-state index in [9.17, 15) is 4.79 Å². The Balaban J connectivity index is 1.58. The first-order valence-electron chi connectivity index (χ1n) is 7.11. The number of anilines is 1. The summed E-state index contributed by atoms with van der Waals surface area (Å²) in [6.45, 7) is 1.59. The fourth-order valence-corrected chi connectivity index (χ4v) is 2.26. The maximum Gasteiger partial charge on any atom is 0.319 e. The number of imidazole rings is 1. The van der Waals surface area contributed by atoms with Crippen LogP contribution in [-0.4, -0.2) is 22.1 Å². The molecule has 1 aromatic heterocycles. The molecule has 7 heteroatoms. The lowest BCUT2D eigenvalue weighted by Crippen LogP contribution is -2.29. The quantitative estimate of drug-likeness (QED) is 0.742. The monoisotopic (exact) mass is 340 g/mol. The number of unbranched alkanes of at least 4 members (excludes halogenated alkanes) is 2. The zero-order chi connectivity index (χ0) is 15.8. The van der Waals surface area contributed by atoms with Gasteiger partial charge in [-0.3, -0.25) is 0 Å². The number of hydrogen-bond donors (Lipinski definition) is 2. The standard InChI is InChI=1S/C15H18Cl2N4O/c16-13-5-4-12(10-14(13)17)20-15(22)19-6-2-1-3-8-21-9-7-18-11-21/h4-5,7,9-11H,1-3,6,8H2,(H2,19,20,22). The maximum atomic E-state index is 11.7. The Morgan fingerprint density at radius 2 is 2.05 bits per heavy atom. The van der Waals surface area contributed by atoms with Gasteiger partial charge in [0.25, 0.3) is 0 Å². The predicted molar refractivity (Wildman–Crippen MR) is 89.6 cm³/mol.